The number of piperazine rings is 1. The summed E-state index contributed by atoms with van der Waals surface area (Å²) < 4.78 is 0. The molecule has 1 saturated heterocycles. The molecule has 4 aromatic rings. The highest BCUT2D eigenvalue weighted by Gasteiger charge is 2.32. The molecular formula is C31H39Cl3N4. The second kappa shape index (κ2) is 14.7. The van der Waals surface area contributed by atoms with Gasteiger partial charge in [-0.15, -0.1) is 37.2 Å². The third-order valence-electron chi connectivity index (χ3n) is 7.20. The number of aromatic amines is 1. The van der Waals surface area contributed by atoms with E-state index in [-0.39, 0.29) is 43.3 Å². The van der Waals surface area contributed by atoms with Crippen LogP contribution >= 0.6 is 37.2 Å². The van der Waals surface area contributed by atoms with Crippen molar-refractivity contribution in [3.05, 3.63) is 114 Å². The Bertz CT molecular complexity index is 1170. The molecule has 0 aliphatic carbocycles. The van der Waals surface area contributed by atoms with Crippen LogP contribution in [0.25, 0.3) is 11.4 Å². The molecule has 0 amide bonds. The molecule has 1 aromatic heterocycles. The zero-order valence-electron chi connectivity index (χ0n) is 22.3. The summed E-state index contributed by atoms with van der Waals surface area (Å²) >= 11 is 0. The first-order chi connectivity index (χ1) is 17.1. The van der Waals surface area contributed by atoms with Gasteiger partial charge >= 0.3 is 0 Å². The van der Waals surface area contributed by atoms with E-state index in [0.29, 0.717) is 12.0 Å². The summed E-state index contributed by atoms with van der Waals surface area (Å²) in [7, 11) is 0. The Hall–Kier alpha value is -2.34. The third-order valence-corrected chi connectivity index (χ3v) is 7.20. The standard InChI is InChI=1S/C31H36N4.3ClH/c1-23(2)29(28-22-32-31(33-28)27-16-14-24(3)15-17-27)34-18-20-35(21-19-34)30(25-10-6-4-7-11-25)26-12-8-5-9-13-26;;;/h4-17,22-23,29-30H,18-21H2,1-3H3,(H,32,33);3*1H. The van der Waals surface area contributed by atoms with Crippen molar-refractivity contribution in [3.63, 3.8) is 0 Å². The molecule has 1 fully saturated rings. The van der Waals surface area contributed by atoms with Gasteiger partial charge in [0.2, 0.25) is 0 Å². The van der Waals surface area contributed by atoms with Crippen LogP contribution in [0.4, 0.5) is 0 Å². The zero-order chi connectivity index (χ0) is 24.2. The predicted molar refractivity (Wildman–Crippen MR) is 166 cm³/mol. The van der Waals surface area contributed by atoms with E-state index in [2.05, 4.69) is 127 Å². The molecular weight excluding hydrogens is 535 g/mol. The summed E-state index contributed by atoms with van der Waals surface area (Å²) in [5.41, 5.74) is 6.28. The van der Waals surface area contributed by atoms with Crippen LogP contribution in [-0.2, 0) is 0 Å². The molecule has 1 aliphatic rings. The van der Waals surface area contributed by atoms with Crippen molar-refractivity contribution in [1.29, 1.82) is 0 Å². The maximum atomic E-state index is 5.05. The Morgan fingerprint density at radius 3 is 1.68 bits per heavy atom. The topological polar surface area (TPSA) is 35.2 Å². The fraction of sp³-hybridized carbons (Fsp3) is 0.323. The number of aryl methyl sites for hydroxylation is 1. The van der Waals surface area contributed by atoms with Gasteiger partial charge in [0, 0.05) is 37.9 Å². The van der Waals surface area contributed by atoms with Crippen molar-refractivity contribution >= 4 is 37.2 Å². The Balaban J connectivity index is 0.00000169. The molecule has 2 heterocycles. The predicted octanol–water partition coefficient (Wildman–Crippen LogP) is 7.75. The van der Waals surface area contributed by atoms with Crippen molar-refractivity contribution in [3.8, 4) is 11.4 Å². The van der Waals surface area contributed by atoms with Gasteiger partial charge in [-0.25, -0.2) is 4.98 Å². The number of hydrogen-bond donors (Lipinski definition) is 1. The van der Waals surface area contributed by atoms with Gasteiger partial charge in [-0.3, -0.25) is 9.80 Å². The van der Waals surface area contributed by atoms with Crippen LogP contribution in [0, 0.1) is 12.8 Å². The summed E-state index contributed by atoms with van der Waals surface area (Å²) in [6, 6.07) is 31.0. The second-order valence-corrected chi connectivity index (χ2v) is 10.0. The van der Waals surface area contributed by atoms with E-state index in [9.17, 15) is 0 Å². The SMILES string of the molecule is Cc1ccc(-c2nc(C(C(C)C)N3CCN(C(c4ccccc4)c4ccccc4)CC3)c[nH]2)cc1.Cl.Cl.Cl. The van der Waals surface area contributed by atoms with Gasteiger partial charge in [0.1, 0.15) is 5.82 Å². The van der Waals surface area contributed by atoms with E-state index in [0.717, 1.165) is 43.3 Å². The lowest BCUT2D eigenvalue weighted by Gasteiger charge is -2.43. The Kier molecular flexibility index (Phi) is 12.3. The molecule has 1 aliphatic heterocycles. The lowest BCUT2D eigenvalue weighted by atomic mass is 9.95. The first kappa shape index (κ1) is 31.9. The fourth-order valence-electron chi connectivity index (χ4n) is 5.46. The number of rotatable bonds is 7. The fourth-order valence-corrected chi connectivity index (χ4v) is 5.46. The molecule has 0 bridgehead atoms. The summed E-state index contributed by atoms with van der Waals surface area (Å²) in [4.78, 5) is 13.8. The van der Waals surface area contributed by atoms with Crippen molar-refractivity contribution in [2.75, 3.05) is 26.2 Å². The number of hydrogen-bond acceptors (Lipinski definition) is 3. The minimum atomic E-state index is 0. The molecule has 3 aromatic carbocycles. The van der Waals surface area contributed by atoms with Crippen LogP contribution in [0.5, 0.6) is 0 Å². The summed E-state index contributed by atoms with van der Waals surface area (Å²) in [5, 5.41) is 0. The molecule has 1 atom stereocenters. The maximum absolute atomic E-state index is 5.05. The largest absolute Gasteiger partial charge is 0.344 e. The van der Waals surface area contributed by atoms with E-state index in [1.54, 1.807) is 0 Å². The first-order valence-electron chi connectivity index (χ1n) is 12.8. The summed E-state index contributed by atoms with van der Waals surface area (Å²) in [6.45, 7) is 10.9. The molecule has 0 radical (unpaired) electrons. The number of imidazole rings is 1. The molecule has 7 heteroatoms. The molecule has 204 valence electrons. The lowest BCUT2D eigenvalue weighted by Crippen LogP contribution is -2.49. The van der Waals surface area contributed by atoms with Crippen LogP contribution in [-0.4, -0.2) is 45.9 Å². The van der Waals surface area contributed by atoms with Crippen LogP contribution < -0.4 is 0 Å². The second-order valence-electron chi connectivity index (χ2n) is 10.0. The number of H-pyrrole nitrogens is 1. The Labute approximate surface area is 246 Å². The van der Waals surface area contributed by atoms with E-state index in [4.69, 9.17) is 4.98 Å². The summed E-state index contributed by atoms with van der Waals surface area (Å²) in [6.07, 6.45) is 2.11. The number of nitrogens with zero attached hydrogens (tertiary/aromatic N) is 3. The number of aromatic nitrogens is 2. The Morgan fingerprint density at radius 2 is 1.18 bits per heavy atom. The van der Waals surface area contributed by atoms with Crippen LogP contribution in [0.2, 0.25) is 0 Å². The quantitative estimate of drug-likeness (QED) is 0.245. The van der Waals surface area contributed by atoms with Crippen molar-refractivity contribution in [1.82, 2.24) is 19.8 Å². The first-order valence-corrected chi connectivity index (χ1v) is 12.8. The third kappa shape index (κ3) is 7.19. The minimum absolute atomic E-state index is 0. The normalized spacial score (nSPS) is 14.9. The van der Waals surface area contributed by atoms with E-state index < -0.39 is 0 Å². The van der Waals surface area contributed by atoms with Gasteiger partial charge in [0.15, 0.2) is 0 Å². The highest BCUT2D eigenvalue weighted by Crippen LogP contribution is 2.33. The van der Waals surface area contributed by atoms with Gasteiger partial charge in [-0.05, 0) is 24.0 Å². The van der Waals surface area contributed by atoms with E-state index in [1.807, 2.05) is 0 Å². The molecule has 38 heavy (non-hydrogen) atoms. The van der Waals surface area contributed by atoms with Crippen LogP contribution in [0.1, 0.15) is 48.3 Å². The highest BCUT2D eigenvalue weighted by atomic mass is 35.5. The van der Waals surface area contributed by atoms with E-state index in [1.165, 1.54) is 16.7 Å². The van der Waals surface area contributed by atoms with Crippen molar-refractivity contribution in [2.24, 2.45) is 5.92 Å². The lowest BCUT2D eigenvalue weighted by molar-refractivity contribution is 0.0602. The maximum Gasteiger partial charge on any atom is 0.137 e. The average Bonchev–Trinajstić information content (AvgIpc) is 3.36. The van der Waals surface area contributed by atoms with Crippen molar-refractivity contribution in [2.45, 2.75) is 32.9 Å². The van der Waals surface area contributed by atoms with Gasteiger partial charge in [-0.1, -0.05) is 104 Å². The van der Waals surface area contributed by atoms with Gasteiger partial charge in [0.25, 0.3) is 0 Å². The zero-order valence-corrected chi connectivity index (χ0v) is 24.7. The molecule has 1 N–H and O–H groups in total. The smallest absolute Gasteiger partial charge is 0.137 e. The van der Waals surface area contributed by atoms with Gasteiger partial charge in [0.05, 0.1) is 17.8 Å². The molecule has 4 nitrogen and oxygen atoms in total. The molecule has 0 saturated carbocycles. The number of benzene rings is 3. The van der Waals surface area contributed by atoms with Crippen LogP contribution in [0.15, 0.2) is 91.1 Å². The average molecular weight is 574 g/mol. The number of nitrogens with one attached hydrogen (secondary N) is 1. The monoisotopic (exact) mass is 572 g/mol. The summed E-state index contributed by atoms with van der Waals surface area (Å²) in [5.74, 6) is 1.44. The minimum Gasteiger partial charge on any atom is -0.344 e. The molecule has 1 unspecified atom stereocenters. The van der Waals surface area contributed by atoms with Gasteiger partial charge < -0.3 is 4.98 Å². The number of halogens is 3. The van der Waals surface area contributed by atoms with Crippen molar-refractivity contribution < 1.29 is 0 Å². The Morgan fingerprint density at radius 1 is 0.684 bits per heavy atom. The highest BCUT2D eigenvalue weighted by molar-refractivity contribution is 5.86. The van der Waals surface area contributed by atoms with E-state index >= 15 is 0 Å². The van der Waals surface area contributed by atoms with Crippen LogP contribution in [0.3, 0.4) is 0 Å². The van der Waals surface area contributed by atoms with Gasteiger partial charge in [-0.2, -0.15) is 0 Å². The molecule has 0 spiro atoms. The molecule has 5 rings (SSSR count).